The Morgan fingerprint density at radius 3 is 1.24 bits per heavy atom. The zero-order valence-electron chi connectivity index (χ0n) is 10.2. The Labute approximate surface area is 113 Å². The van der Waals surface area contributed by atoms with Crippen LogP contribution in [-0.4, -0.2) is 34.4 Å². The van der Waals surface area contributed by atoms with Crippen molar-refractivity contribution in [3.8, 4) is 0 Å². The largest absolute Gasteiger partial charge is 2.00 e. The first-order valence-electron chi connectivity index (χ1n) is 5.09. The number of aliphatic carboxylic acids is 2. The molecule has 0 aliphatic heterocycles. The molecule has 0 aliphatic carbocycles. The summed E-state index contributed by atoms with van der Waals surface area (Å²) in [6.45, 7) is 3.43. The number of hydrogen-bond acceptors (Lipinski definition) is 6. The Morgan fingerprint density at radius 1 is 0.941 bits per heavy atom. The molecule has 0 rings (SSSR count). The van der Waals surface area contributed by atoms with Crippen molar-refractivity contribution in [2.24, 2.45) is 0 Å². The maximum Gasteiger partial charge on any atom is 2.00 e. The van der Waals surface area contributed by atoms with Gasteiger partial charge in [-0.15, -0.1) is 0 Å². The number of carbonyl (C=O) groups is 2. The number of aliphatic hydroxyl groups excluding tert-OH is 2. The van der Waals surface area contributed by atoms with E-state index in [2.05, 4.69) is 0 Å². The van der Waals surface area contributed by atoms with E-state index in [9.17, 15) is 19.8 Å². The summed E-state index contributed by atoms with van der Waals surface area (Å²) < 4.78 is 0. The molecule has 17 heavy (non-hydrogen) atoms. The van der Waals surface area contributed by atoms with E-state index in [0.29, 0.717) is 12.8 Å². The second-order valence-electron chi connectivity index (χ2n) is 3.28. The van der Waals surface area contributed by atoms with Crippen molar-refractivity contribution in [1.82, 2.24) is 0 Å². The molecule has 0 saturated carbocycles. The molecule has 0 aromatic heterocycles. The molecule has 0 heterocycles. The van der Waals surface area contributed by atoms with Crippen LogP contribution in [0.15, 0.2) is 0 Å². The van der Waals surface area contributed by atoms with E-state index in [1.165, 1.54) is 0 Å². The molecule has 0 bridgehead atoms. The number of hydrogen-bond donors (Lipinski definition) is 2. The van der Waals surface area contributed by atoms with Crippen LogP contribution in [0.5, 0.6) is 0 Å². The third-order valence-corrected chi connectivity index (χ3v) is 1.75. The van der Waals surface area contributed by atoms with E-state index >= 15 is 0 Å². The first-order valence-corrected chi connectivity index (χ1v) is 5.09. The first-order chi connectivity index (χ1) is 7.33. The summed E-state index contributed by atoms with van der Waals surface area (Å²) in [6, 6.07) is 0. The van der Waals surface area contributed by atoms with Gasteiger partial charge in [-0.3, -0.25) is 0 Å². The minimum absolute atomic E-state index is 0. The predicted molar refractivity (Wildman–Crippen MR) is 51.8 cm³/mol. The van der Waals surface area contributed by atoms with Crippen molar-refractivity contribution in [1.29, 1.82) is 0 Å². The molecule has 0 aromatic carbocycles. The van der Waals surface area contributed by atoms with Crippen molar-refractivity contribution in [2.45, 2.75) is 51.7 Å². The van der Waals surface area contributed by atoms with Crippen molar-refractivity contribution in [2.75, 3.05) is 0 Å². The van der Waals surface area contributed by atoms with Gasteiger partial charge in [-0.25, -0.2) is 0 Å². The van der Waals surface area contributed by atoms with E-state index in [1.807, 2.05) is 0 Å². The molecule has 0 amide bonds. The summed E-state index contributed by atoms with van der Waals surface area (Å²) >= 11 is 0. The van der Waals surface area contributed by atoms with E-state index in [-0.39, 0.29) is 32.3 Å². The van der Waals surface area contributed by atoms with Crippen LogP contribution in [0.25, 0.3) is 0 Å². The summed E-state index contributed by atoms with van der Waals surface area (Å²) in [7, 11) is 0. The maximum atomic E-state index is 9.70. The van der Waals surface area contributed by atoms with Gasteiger partial charge in [0.2, 0.25) is 0 Å². The van der Waals surface area contributed by atoms with Crippen LogP contribution >= 0.6 is 0 Å². The molecule has 2 unspecified atom stereocenters. The third kappa shape index (κ3) is 21.3. The van der Waals surface area contributed by atoms with Crippen molar-refractivity contribution < 1.29 is 49.5 Å². The molecule has 2 atom stereocenters. The summed E-state index contributed by atoms with van der Waals surface area (Å²) in [5, 5.41) is 36.6. The van der Waals surface area contributed by atoms with E-state index in [1.54, 1.807) is 13.8 Å². The molecule has 7 heteroatoms. The molecule has 2 N–H and O–H groups in total. The summed E-state index contributed by atoms with van der Waals surface area (Å²) in [5.74, 6) is -2.39. The fourth-order valence-corrected chi connectivity index (χ4v) is 0.673. The monoisotopic (exact) mass is 298 g/mol. The second-order valence-corrected chi connectivity index (χ2v) is 3.28. The van der Waals surface area contributed by atoms with Crippen LogP contribution < -0.4 is 10.2 Å². The Kier molecular flexibility index (Phi) is 17.3. The average Bonchev–Trinajstić information content (AvgIpc) is 2.16. The molecular formula is C10H18O6Zn. The molecule has 0 saturated heterocycles. The molecule has 0 radical (unpaired) electrons. The van der Waals surface area contributed by atoms with E-state index in [4.69, 9.17) is 10.2 Å². The third-order valence-electron chi connectivity index (χ3n) is 1.75. The van der Waals surface area contributed by atoms with Gasteiger partial charge in [0.25, 0.3) is 0 Å². The van der Waals surface area contributed by atoms with Crippen LogP contribution in [0.4, 0.5) is 0 Å². The number of aliphatic hydroxyl groups is 2. The molecule has 0 aliphatic rings. The van der Waals surface area contributed by atoms with Crippen LogP contribution in [0.3, 0.4) is 0 Å². The van der Waals surface area contributed by atoms with Gasteiger partial charge >= 0.3 is 19.5 Å². The standard InChI is InChI=1S/2C5H10O3.Zn/c2*1-2-4(6)3-5(7)8;/h2*4,6H,2-3H2,1H3,(H,7,8);/q;;+2/p-2. The molecule has 0 fully saturated rings. The summed E-state index contributed by atoms with van der Waals surface area (Å²) in [5.41, 5.74) is 0. The van der Waals surface area contributed by atoms with E-state index < -0.39 is 24.1 Å². The normalized spacial score (nSPS) is 12.5. The SMILES string of the molecule is CCC(O)CC(=O)[O-].CCC(O)CC(=O)[O-].[Zn+2]. The van der Waals surface area contributed by atoms with Gasteiger partial charge in [0.05, 0.1) is 12.2 Å². The van der Waals surface area contributed by atoms with Crippen LogP contribution in [-0.2, 0) is 29.1 Å². The Balaban J connectivity index is -0.000000218. The molecular weight excluding hydrogens is 281 g/mol. The summed E-state index contributed by atoms with van der Waals surface area (Å²) in [6.07, 6.45) is -1.05. The zero-order chi connectivity index (χ0) is 13.1. The Bertz CT molecular complexity index is 187. The van der Waals surface area contributed by atoms with Crippen LogP contribution in [0.1, 0.15) is 39.5 Å². The zero-order valence-corrected chi connectivity index (χ0v) is 13.2. The predicted octanol–water partition coefficient (Wildman–Crippen LogP) is -2.21. The maximum absolute atomic E-state index is 9.70. The van der Waals surface area contributed by atoms with Gasteiger partial charge in [0.15, 0.2) is 0 Å². The fourth-order valence-electron chi connectivity index (χ4n) is 0.673. The first kappa shape index (κ1) is 21.7. The molecule has 6 nitrogen and oxygen atoms in total. The number of rotatable bonds is 6. The van der Waals surface area contributed by atoms with Gasteiger partial charge < -0.3 is 30.0 Å². The topological polar surface area (TPSA) is 121 Å². The van der Waals surface area contributed by atoms with Crippen LogP contribution in [0, 0.1) is 0 Å². The van der Waals surface area contributed by atoms with Gasteiger partial charge in [0, 0.05) is 24.8 Å². The van der Waals surface area contributed by atoms with Crippen molar-refractivity contribution in [3.05, 3.63) is 0 Å². The van der Waals surface area contributed by atoms with Gasteiger partial charge in [-0.2, -0.15) is 0 Å². The van der Waals surface area contributed by atoms with Gasteiger partial charge in [-0.05, 0) is 12.8 Å². The average molecular weight is 300 g/mol. The second kappa shape index (κ2) is 13.5. The number of carboxylic acids is 2. The number of carboxylic acid groups (broad SMARTS) is 2. The van der Waals surface area contributed by atoms with Crippen molar-refractivity contribution >= 4 is 11.9 Å². The number of carbonyl (C=O) groups excluding carboxylic acids is 2. The minimum atomic E-state index is -1.20. The van der Waals surface area contributed by atoms with E-state index in [0.717, 1.165) is 0 Å². The van der Waals surface area contributed by atoms with Gasteiger partial charge in [0.1, 0.15) is 0 Å². The summed E-state index contributed by atoms with van der Waals surface area (Å²) in [4.78, 5) is 19.4. The molecule has 0 spiro atoms. The minimum Gasteiger partial charge on any atom is -0.550 e. The van der Waals surface area contributed by atoms with Crippen LogP contribution in [0.2, 0.25) is 0 Å². The fraction of sp³-hybridized carbons (Fsp3) is 0.800. The smallest absolute Gasteiger partial charge is 0.550 e. The Morgan fingerprint density at radius 2 is 1.18 bits per heavy atom. The quantitative estimate of drug-likeness (QED) is 0.537. The van der Waals surface area contributed by atoms with Crippen molar-refractivity contribution in [3.63, 3.8) is 0 Å². The van der Waals surface area contributed by atoms with Gasteiger partial charge in [-0.1, -0.05) is 13.8 Å². The molecule has 0 aromatic rings. The molecule has 96 valence electrons. The Hall–Kier alpha value is -0.517.